The van der Waals surface area contributed by atoms with E-state index >= 15 is 0 Å². The van der Waals surface area contributed by atoms with Gasteiger partial charge in [-0.05, 0) is 37.0 Å². The Morgan fingerprint density at radius 3 is 2.00 bits per heavy atom. The predicted octanol–water partition coefficient (Wildman–Crippen LogP) is -1.26. The van der Waals surface area contributed by atoms with Crippen molar-refractivity contribution < 1.29 is 34.2 Å². The monoisotopic (exact) mass is 479 g/mol. The number of hydrogen-bond donors (Lipinski definition) is 7. The summed E-state index contributed by atoms with van der Waals surface area (Å²) in [6.45, 7) is 4.65. The molecule has 1 aromatic carbocycles. The number of carboxylic acids is 1. The number of primary amides is 1. The number of carbonyl (C=O) groups excluding carboxylic acids is 4. The lowest BCUT2D eigenvalue weighted by Crippen LogP contribution is -2.58. The average molecular weight is 480 g/mol. The number of aromatic hydroxyl groups is 1. The lowest BCUT2D eigenvalue weighted by atomic mass is 10.00. The first-order valence-electron chi connectivity index (χ1n) is 10.8. The Labute approximate surface area is 197 Å². The van der Waals surface area contributed by atoms with Gasteiger partial charge in [0, 0.05) is 12.8 Å². The number of benzene rings is 1. The molecule has 12 heteroatoms. The van der Waals surface area contributed by atoms with E-state index in [9.17, 15) is 29.1 Å². The van der Waals surface area contributed by atoms with Crippen LogP contribution in [0, 0.1) is 5.92 Å². The van der Waals surface area contributed by atoms with E-state index in [0.717, 1.165) is 0 Å². The largest absolute Gasteiger partial charge is 0.508 e. The molecule has 0 aliphatic carbocycles. The third kappa shape index (κ3) is 9.45. The zero-order valence-electron chi connectivity index (χ0n) is 19.4. The number of phenolic OH excluding ortho intramolecular Hbond substituents is 1. The summed E-state index contributed by atoms with van der Waals surface area (Å²) in [5.74, 6) is -4.30. The minimum absolute atomic E-state index is 0.00107. The second kappa shape index (κ2) is 13.1. The SMILES string of the molecule is CC(NC(=O)C(Cc1ccc(O)cc1)NC(=O)C(NC(=O)C(N)CCC(N)=O)C(C)C)C(=O)O. The van der Waals surface area contributed by atoms with E-state index < -0.39 is 53.8 Å². The summed E-state index contributed by atoms with van der Waals surface area (Å²) in [6, 6.07) is 1.46. The van der Waals surface area contributed by atoms with Gasteiger partial charge in [0.2, 0.25) is 23.6 Å². The highest BCUT2D eigenvalue weighted by atomic mass is 16.4. The van der Waals surface area contributed by atoms with Crippen molar-refractivity contribution in [3.8, 4) is 5.75 Å². The van der Waals surface area contributed by atoms with E-state index in [-0.39, 0.29) is 30.9 Å². The molecule has 4 unspecified atom stereocenters. The normalized spacial score (nSPS) is 14.4. The van der Waals surface area contributed by atoms with Crippen LogP contribution in [0.15, 0.2) is 24.3 Å². The lowest BCUT2D eigenvalue weighted by molar-refractivity contribution is -0.141. The van der Waals surface area contributed by atoms with Crippen LogP contribution in [0.3, 0.4) is 0 Å². The Morgan fingerprint density at radius 2 is 1.50 bits per heavy atom. The van der Waals surface area contributed by atoms with Gasteiger partial charge in [0.15, 0.2) is 0 Å². The molecule has 0 fully saturated rings. The van der Waals surface area contributed by atoms with E-state index in [0.29, 0.717) is 5.56 Å². The van der Waals surface area contributed by atoms with Crippen LogP contribution in [0.5, 0.6) is 5.75 Å². The van der Waals surface area contributed by atoms with Gasteiger partial charge in [0.25, 0.3) is 0 Å². The minimum Gasteiger partial charge on any atom is -0.508 e. The van der Waals surface area contributed by atoms with Crippen molar-refractivity contribution in [3.63, 3.8) is 0 Å². The van der Waals surface area contributed by atoms with Gasteiger partial charge in [-0.1, -0.05) is 26.0 Å². The van der Waals surface area contributed by atoms with Gasteiger partial charge in [0.1, 0.15) is 23.9 Å². The Kier molecular flexibility index (Phi) is 11.0. The van der Waals surface area contributed by atoms with Gasteiger partial charge in [-0.15, -0.1) is 0 Å². The second-order valence-electron chi connectivity index (χ2n) is 8.34. The van der Waals surface area contributed by atoms with E-state index in [1.165, 1.54) is 19.1 Å². The van der Waals surface area contributed by atoms with Crippen molar-refractivity contribution in [2.75, 3.05) is 0 Å². The average Bonchev–Trinajstić information content (AvgIpc) is 2.75. The molecule has 0 saturated heterocycles. The summed E-state index contributed by atoms with van der Waals surface area (Å²) >= 11 is 0. The third-order valence-corrected chi connectivity index (χ3v) is 5.02. The van der Waals surface area contributed by atoms with Gasteiger partial charge < -0.3 is 37.6 Å². The minimum atomic E-state index is -1.25. The Bertz CT molecular complexity index is 888. The third-order valence-electron chi connectivity index (χ3n) is 5.02. The predicted molar refractivity (Wildman–Crippen MR) is 122 cm³/mol. The van der Waals surface area contributed by atoms with Crippen LogP contribution in [0.25, 0.3) is 0 Å². The van der Waals surface area contributed by atoms with Crippen molar-refractivity contribution in [1.29, 1.82) is 0 Å². The molecule has 0 aliphatic heterocycles. The number of phenols is 1. The highest BCUT2D eigenvalue weighted by molar-refractivity contribution is 5.94. The van der Waals surface area contributed by atoms with Gasteiger partial charge in [-0.25, -0.2) is 0 Å². The number of amides is 4. The fraction of sp³-hybridized carbons (Fsp3) is 0.500. The number of nitrogens with one attached hydrogen (secondary N) is 3. The van der Waals surface area contributed by atoms with Gasteiger partial charge in [-0.2, -0.15) is 0 Å². The topological polar surface area (TPSA) is 214 Å². The molecular weight excluding hydrogens is 446 g/mol. The van der Waals surface area contributed by atoms with Crippen molar-refractivity contribution in [2.24, 2.45) is 17.4 Å². The Balaban J connectivity index is 3.01. The van der Waals surface area contributed by atoms with Crippen LogP contribution >= 0.6 is 0 Å². The van der Waals surface area contributed by atoms with Crippen LogP contribution in [0.4, 0.5) is 0 Å². The molecule has 0 radical (unpaired) electrons. The number of carboxylic acid groups (broad SMARTS) is 1. The molecule has 4 atom stereocenters. The Hall–Kier alpha value is -3.67. The molecule has 12 nitrogen and oxygen atoms in total. The van der Waals surface area contributed by atoms with E-state index in [4.69, 9.17) is 16.6 Å². The zero-order chi connectivity index (χ0) is 26.0. The number of rotatable bonds is 13. The van der Waals surface area contributed by atoms with Crippen molar-refractivity contribution >= 4 is 29.6 Å². The smallest absolute Gasteiger partial charge is 0.325 e. The summed E-state index contributed by atoms with van der Waals surface area (Å²) in [4.78, 5) is 60.2. The van der Waals surface area contributed by atoms with E-state index in [1.807, 2.05) is 0 Å². The molecule has 1 aromatic rings. The summed E-state index contributed by atoms with van der Waals surface area (Å²) in [6.07, 6.45) is -0.0859. The first-order valence-corrected chi connectivity index (χ1v) is 10.8. The maximum Gasteiger partial charge on any atom is 0.325 e. The van der Waals surface area contributed by atoms with Crippen molar-refractivity contribution in [1.82, 2.24) is 16.0 Å². The molecule has 0 aromatic heterocycles. The molecule has 9 N–H and O–H groups in total. The summed E-state index contributed by atoms with van der Waals surface area (Å²) in [7, 11) is 0. The van der Waals surface area contributed by atoms with Gasteiger partial charge in [-0.3, -0.25) is 24.0 Å². The van der Waals surface area contributed by atoms with Gasteiger partial charge >= 0.3 is 5.97 Å². The molecule has 0 spiro atoms. The highest BCUT2D eigenvalue weighted by Crippen LogP contribution is 2.12. The molecule has 188 valence electrons. The van der Waals surface area contributed by atoms with Crippen molar-refractivity contribution in [2.45, 2.75) is 64.2 Å². The van der Waals surface area contributed by atoms with Crippen LogP contribution in [0.1, 0.15) is 39.2 Å². The molecule has 4 amide bonds. The number of carbonyl (C=O) groups is 5. The van der Waals surface area contributed by atoms with E-state index in [1.54, 1.807) is 26.0 Å². The summed E-state index contributed by atoms with van der Waals surface area (Å²) < 4.78 is 0. The molecule has 0 bridgehead atoms. The number of nitrogens with two attached hydrogens (primary N) is 2. The van der Waals surface area contributed by atoms with Gasteiger partial charge in [0.05, 0.1) is 6.04 Å². The zero-order valence-corrected chi connectivity index (χ0v) is 19.4. The molecule has 0 saturated carbocycles. The standard InChI is InChI=1S/C22H33N5O7/c1-11(2)18(27-19(30)15(23)8-9-17(24)29)21(32)26-16(20(31)25-12(3)22(33)34)10-13-4-6-14(28)7-5-13/h4-7,11-12,15-16,18,28H,8-10,23H2,1-3H3,(H2,24,29)(H,25,31)(H,26,32)(H,27,30)(H,33,34). The summed E-state index contributed by atoms with van der Waals surface area (Å²) in [5, 5.41) is 26.0. The number of hydrogen-bond acceptors (Lipinski definition) is 7. The lowest BCUT2D eigenvalue weighted by Gasteiger charge is -2.26. The first kappa shape index (κ1) is 28.4. The number of aliphatic carboxylic acids is 1. The fourth-order valence-electron chi connectivity index (χ4n) is 2.94. The maximum atomic E-state index is 13.0. The van der Waals surface area contributed by atoms with Crippen LogP contribution in [-0.4, -0.2) is 64.0 Å². The molecule has 0 aliphatic rings. The highest BCUT2D eigenvalue weighted by Gasteiger charge is 2.31. The quantitative estimate of drug-likeness (QED) is 0.181. The molecule has 0 heterocycles. The van der Waals surface area contributed by atoms with Crippen LogP contribution in [0.2, 0.25) is 0 Å². The van der Waals surface area contributed by atoms with Crippen LogP contribution in [-0.2, 0) is 30.4 Å². The Morgan fingerprint density at radius 1 is 0.912 bits per heavy atom. The van der Waals surface area contributed by atoms with Crippen molar-refractivity contribution in [3.05, 3.63) is 29.8 Å². The maximum absolute atomic E-state index is 13.0. The van der Waals surface area contributed by atoms with E-state index in [2.05, 4.69) is 16.0 Å². The molecular formula is C22H33N5O7. The summed E-state index contributed by atoms with van der Waals surface area (Å²) in [5.41, 5.74) is 11.4. The fourth-order valence-corrected chi connectivity index (χ4v) is 2.94. The molecule has 1 rings (SSSR count). The van der Waals surface area contributed by atoms with Crippen LogP contribution < -0.4 is 27.4 Å². The molecule has 34 heavy (non-hydrogen) atoms. The first-order chi connectivity index (χ1) is 15.8. The second-order valence-corrected chi connectivity index (χ2v) is 8.34.